The van der Waals surface area contributed by atoms with E-state index in [0.29, 0.717) is 16.7 Å². The number of halogens is 3. The van der Waals surface area contributed by atoms with Gasteiger partial charge in [0.2, 0.25) is 11.8 Å². The fourth-order valence-corrected chi connectivity index (χ4v) is 2.21. The SMILES string of the molecule is Cc1cc(CNC(=O)c2ccnc(NC(=O)C(C)C)c2)cnc1OCC(F)(F)F. The van der Waals surface area contributed by atoms with Crippen molar-refractivity contribution in [1.29, 1.82) is 0 Å². The molecule has 2 aromatic heterocycles. The van der Waals surface area contributed by atoms with E-state index in [1.165, 1.54) is 24.5 Å². The Kier molecular flexibility index (Phi) is 7.13. The molecule has 0 radical (unpaired) electrons. The highest BCUT2D eigenvalue weighted by atomic mass is 19.4. The zero-order valence-electron chi connectivity index (χ0n) is 16.1. The summed E-state index contributed by atoms with van der Waals surface area (Å²) in [4.78, 5) is 31.9. The Morgan fingerprint density at radius 1 is 1.21 bits per heavy atom. The first kappa shape index (κ1) is 22.1. The first-order valence-corrected chi connectivity index (χ1v) is 8.75. The van der Waals surface area contributed by atoms with Gasteiger partial charge in [0.15, 0.2) is 6.61 Å². The summed E-state index contributed by atoms with van der Waals surface area (Å²) in [6.07, 6.45) is -1.71. The molecule has 0 spiro atoms. The summed E-state index contributed by atoms with van der Waals surface area (Å²) in [7, 11) is 0. The standard InChI is InChI=1S/C19H21F3N4O3/c1-11(2)16(27)26-15-7-14(4-5-23-15)17(28)24-8-13-6-12(3)18(25-9-13)29-10-19(20,21)22/h4-7,9,11H,8,10H2,1-3H3,(H,24,28)(H,23,26,27). The first-order valence-electron chi connectivity index (χ1n) is 8.75. The third kappa shape index (κ3) is 7.05. The fraction of sp³-hybridized carbons (Fsp3) is 0.368. The van der Waals surface area contributed by atoms with Crippen LogP contribution in [-0.4, -0.2) is 34.6 Å². The van der Waals surface area contributed by atoms with Crippen LogP contribution in [0.4, 0.5) is 19.0 Å². The van der Waals surface area contributed by atoms with Crippen LogP contribution < -0.4 is 15.4 Å². The number of anilines is 1. The lowest BCUT2D eigenvalue weighted by Gasteiger charge is -2.12. The molecule has 0 fully saturated rings. The Bertz CT molecular complexity index is 885. The van der Waals surface area contributed by atoms with Crippen molar-refractivity contribution in [3.63, 3.8) is 0 Å². The number of aromatic nitrogens is 2. The number of hydrogen-bond acceptors (Lipinski definition) is 5. The van der Waals surface area contributed by atoms with Crippen LogP contribution >= 0.6 is 0 Å². The number of pyridine rings is 2. The maximum absolute atomic E-state index is 12.3. The number of nitrogens with one attached hydrogen (secondary N) is 2. The van der Waals surface area contributed by atoms with Gasteiger partial charge in [0.1, 0.15) is 5.82 Å². The fourth-order valence-electron chi connectivity index (χ4n) is 2.21. The Labute approximate surface area is 165 Å². The molecule has 2 N–H and O–H groups in total. The maximum Gasteiger partial charge on any atom is 0.422 e. The largest absolute Gasteiger partial charge is 0.468 e. The lowest BCUT2D eigenvalue weighted by Crippen LogP contribution is -2.24. The molecule has 0 unspecified atom stereocenters. The molecule has 29 heavy (non-hydrogen) atoms. The number of aryl methyl sites for hydroxylation is 1. The Balaban J connectivity index is 1.97. The number of rotatable bonds is 7. The third-order valence-electron chi connectivity index (χ3n) is 3.71. The topological polar surface area (TPSA) is 93.2 Å². The molecule has 0 aliphatic rings. The van der Waals surface area contributed by atoms with Crippen LogP contribution in [0.1, 0.15) is 35.3 Å². The van der Waals surface area contributed by atoms with Crippen molar-refractivity contribution in [3.8, 4) is 5.88 Å². The highest BCUT2D eigenvalue weighted by Crippen LogP contribution is 2.20. The van der Waals surface area contributed by atoms with Crippen LogP contribution in [0.5, 0.6) is 5.88 Å². The van der Waals surface area contributed by atoms with E-state index in [4.69, 9.17) is 0 Å². The van der Waals surface area contributed by atoms with Crippen LogP contribution in [0.3, 0.4) is 0 Å². The molecule has 2 heterocycles. The van der Waals surface area contributed by atoms with Gasteiger partial charge in [-0.3, -0.25) is 9.59 Å². The number of nitrogens with zero attached hydrogens (tertiary/aromatic N) is 2. The van der Waals surface area contributed by atoms with Gasteiger partial charge >= 0.3 is 6.18 Å². The molecule has 156 valence electrons. The second kappa shape index (κ2) is 9.35. The molecule has 0 atom stereocenters. The number of alkyl halides is 3. The number of carbonyl (C=O) groups is 2. The molecular formula is C19H21F3N4O3. The minimum Gasteiger partial charge on any atom is -0.468 e. The van der Waals surface area contributed by atoms with E-state index >= 15 is 0 Å². The Hall–Kier alpha value is -3.17. The molecule has 0 bridgehead atoms. The predicted molar refractivity (Wildman–Crippen MR) is 99.4 cm³/mol. The molecule has 0 aliphatic carbocycles. The zero-order chi connectivity index (χ0) is 21.6. The van der Waals surface area contributed by atoms with Crippen LogP contribution in [-0.2, 0) is 11.3 Å². The van der Waals surface area contributed by atoms with Crippen LogP contribution in [0.2, 0.25) is 0 Å². The van der Waals surface area contributed by atoms with E-state index in [2.05, 4.69) is 25.3 Å². The summed E-state index contributed by atoms with van der Waals surface area (Å²) >= 11 is 0. The number of hydrogen-bond donors (Lipinski definition) is 2. The number of carbonyl (C=O) groups excluding carboxylic acids is 2. The predicted octanol–water partition coefficient (Wildman–Crippen LogP) is 3.25. The van der Waals surface area contributed by atoms with Gasteiger partial charge in [0.25, 0.3) is 5.91 Å². The molecule has 0 aromatic carbocycles. The summed E-state index contributed by atoms with van der Waals surface area (Å²) in [6, 6.07) is 4.53. The third-order valence-corrected chi connectivity index (χ3v) is 3.71. The van der Waals surface area contributed by atoms with Crippen LogP contribution in [0, 0.1) is 12.8 Å². The summed E-state index contributed by atoms with van der Waals surface area (Å²) in [5, 5.41) is 5.29. The lowest BCUT2D eigenvalue weighted by atomic mass is 10.2. The summed E-state index contributed by atoms with van der Waals surface area (Å²) in [5.74, 6) is -0.697. The van der Waals surface area contributed by atoms with Gasteiger partial charge in [-0.15, -0.1) is 0 Å². The highest BCUT2D eigenvalue weighted by Gasteiger charge is 2.29. The molecule has 0 saturated heterocycles. The number of amides is 2. The molecular weight excluding hydrogens is 389 g/mol. The monoisotopic (exact) mass is 410 g/mol. The van der Waals surface area contributed by atoms with Gasteiger partial charge in [0.05, 0.1) is 0 Å². The molecule has 2 aromatic rings. The van der Waals surface area contributed by atoms with Gasteiger partial charge in [-0.1, -0.05) is 13.8 Å². The van der Waals surface area contributed by atoms with Gasteiger partial charge in [0, 0.05) is 36.0 Å². The molecule has 7 nitrogen and oxygen atoms in total. The van der Waals surface area contributed by atoms with E-state index in [1.807, 2.05) is 0 Å². The van der Waals surface area contributed by atoms with E-state index in [-0.39, 0.29) is 30.1 Å². The van der Waals surface area contributed by atoms with Gasteiger partial charge in [-0.25, -0.2) is 9.97 Å². The quantitative estimate of drug-likeness (QED) is 0.731. The van der Waals surface area contributed by atoms with Crippen molar-refractivity contribution in [3.05, 3.63) is 47.3 Å². The zero-order valence-corrected chi connectivity index (χ0v) is 16.1. The Morgan fingerprint density at radius 3 is 2.55 bits per heavy atom. The van der Waals surface area contributed by atoms with Gasteiger partial charge < -0.3 is 15.4 Å². The number of ether oxygens (including phenoxy) is 1. The van der Waals surface area contributed by atoms with Crippen molar-refractivity contribution in [2.75, 3.05) is 11.9 Å². The smallest absolute Gasteiger partial charge is 0.422 e. The van der Waals surface area contributed by atoms with E-state index in [9.17, 15) is 22.8 Å². The molecule has 0 saturated carbocycles. The highest BCUT2D eigenvalue weighted by molar-refractivity contribution is 5.96. The second-order valence-corrected chi connectivity index (χ2v) is 6.63. The van der Waals surface area contributed by atoms with Crippen molar-refractivity contribution >= 4 is 17.6 Å². The average molecular weight is 410 g/mol. The summed E-state index contributed by atoms with van der Waals surface area (Å²) in [5.41, 5.74) is 1.31. The maximum atomic E-state index is 12.3. The van der Waals surface area contributed by atoms with Crippen molar-refractivity contribution < 1.29 is 27.5 Å². The van der Waals surface area contributed by atoms with Crippen molar-refractivity contribution in [2.45, 2.75) is 33.5 Å². The normalized spacial score (nSPS) is 11.3. The van der Waals surface area contributed by atoms with Gasteiger partial charge in [-0.05, 0) is 30.7 Å². The van der Waals surface area contributed by atoms with Crippen LogP contribution in [0.15, 0.2) is 30.6 Å². The van der Waals surface area contributed by atoms with E-state index < -0.39 is 18.7 Å². The summed E-state index contributed by atoms with van der Waals surface area (Å²) in [6.45, 7) is 3.73. The van der Waals surface area contributed by atoms with E-state index in [0.717, 1.165) is 0 Å². The molecule has 2 rings (SSSR count). The van der Waals surface area contributed by atoms with Crippen molar-refractivity contribution in [1.82, 2.24) is 15.3 Å². The minimum absolute atomic E-state index is 0.113. The molecule has 0 aliphatic heterocycles. The minimum atomic E-state index is -4.45. The molecule has 10 heteroatoms. The van der Waals surface area contributed by atoms with Crippen LogP contribution in [0.25, 0.3) is 0 Å². The molecule has 2 amide bonds. The first-order chi connectivity index (χ1) is 13.5. The second-order valence-electron chi connectivity index (χ2n) is 6.63. The van der Waals surface area contributed by atoms with Crippen molar-refractivity contribution in [2.24, 2.45) is 5.92 Å². The average Bonchev–Trinajstić information content (AvgIpc) is 2.64. The summed E-state index contributed by atoms with van der Waals surface area (Å²) < 4.78 is 41.3. The lowest BCUT2D eigenvalue weighted by molar-refractivity contribution is -0.154. The Morgan fingerprint density at radius 2 is 1.93 bits per heavy atom. The van der Waals surface area contributed by atoms with E-state index in [1.54, 1.807) is 26.8 Å². The van der Waals surface area contributed by atoms with Gasteiger partial charge in [-0.2, -0.15) is 13.2 Å².